The normalized spacial score (nSPS) is 15.3. The zero-order valence-corrected chi connectivity index (χ0v) is 25.6. The van der Waals surface area contributed by atoms with Crippen LogP contribution in [0.3, 0.4) is 0 Å². The van der Waals surface area contributed by atoms with Gasteiger partial charge in [-0.3, -0.25) is 15.2 Å². The zero-order valence-electron chi connectivity index (χ0n) is 25.6. The molecule has 1 aliphatic heterocycles. The van der Waals surface area contributed by atoms with Crippen molar-refractivity contribution in [2.75, 3.05) is 39.2 Å². The van der Waals surface area contributed by atoms with Crippen LogP contribution in [0, 0.1) is 5.41 Å². The van der Waals surface area contributed by atoms with Crippen LogP contribution in [-0.2, 0) is 4.79 Å². The summed E-state index contributed by atoms with van der Waals surface area (Å²) >= 11 is 0. The molecule has 3 aromatic carbocycles. The monoisotopic (exact) mass is 615 g/mol. The van der Waals surface area contributed by atoms with Gasteiger partial charge >= 0.3 is 11.7 Å². The number of methoxy groups -OCH3 is 1. The molecule has 0 aliphatic carbocycles. The van der Waals surface area contributed by atoms with Gasteiger partial charge in [0.05, 0.1) is 19.4 Å². The highest BCUT2D eigenvalue weighted by Crippen LogP contribution is 2.37. The first-order chi connectivity index (χ1) is 21.7. The van der Waals surface area contributed by atoms with Crippen molar-refractivity contribution in [3.63, 3.8) is 0 Å². The third kappa shape index (κ3) is 7.10. The van der Waals surface area contributed by atoms with E-state index < -0.39 is 17.7 Å². The highest BCUT2D eigenvalue weighted by molar-refractivity contribution is 5.96. The number of carbonyl (C=O) groups is 1. The summed E-state index contributed by atoms with van der Waals surface area (Å²) < 4.78 is 24.5. The van der Waals surface area contributed by atoms with Crippen LogP contribution < -0.4 is 35.7 Å². The Labute approximate surface area is 260 Å². The topological polar surface area (TPSA) is 170 Å². The number of nitrogens with one attached hydrogen (secondary N) is 3. The largest absolute Gasteiger partial charge is 0.494 e. The first kappa shape index (κ1) is 31.1. The van der Waals surface area contributed by atoms with Gasteiger partial charge in [0.15, 0.2) is 23.1 Å². The lowest BCUT2D eigenvalue weighted by atomic mass is 10.0. The number of nitrogens with zero attached hydrogens (tertiary/aromatic N) is 3. The molecule has 1 fully saturated rings. The molecule has 45 heavy (non-hydrogen) atoms. The van der Waals surface area contributed by atoms with E-state index in [2.05, 4.69) is 27.3 Å². The summed E-state index contributed by atoms with van der Waals surface area (Å²) in [5.74, 6) is 1.30. The van der Waals surface area contributed by atoms with Gasteiger partial charge in [0.25, 0.3) is 0 Å². The molecule has 4 aromatic rings. The summed E-state index contributed by atoms with van der Waals surface area (Å²) in [6.45, 7) is 5.35. The van der Waals surface area contributed by atoms with E-state index in [1.807, 2.05) is 25.1 Å². The van der Waals surface area contributed by atoms with Crippen LogP contribution in [-0.4, -0.2) is 71.4 Å². The average Bonchev–Trinajstić information content (AvgIpc) is 3.61. The van der Waals surface area contributed by atoms with E-state index in [0.717, 1.165) is 19.5 Å². The molecule has 5 N–H and O–H groups in total. The number of nitrogen functional groups attached to an aromatic ring is 1. The Balaban J connectivity index is 1.61. The standard InChI is InChI=1S/C32H37N7O6/c1-5-43-28-16-20(11-13-26(28)45-22-14-15-38(3)18-22)29(35-23-12-10-21(30(33)34)17-27(23)44-19(2)40)31-36-32(41)39(37-31)24-8-6-7-9-25(24)42-4/h6-13,16-17,22,29,35H,5,14-15,18H2,1-4H3,(H3,33,34)(H,36,37,41). The summed E-state index contributed by atoms with van der Waals surface area (Å²) in [6, 6.07) is 16.6. The maximum atomic E-state index is 13.3. The first-order valence-electron chi connectivity index (χ1n) is 14.5. The summed E-state index contributed by atoms with van der Waals surface area (Å²) in [5.41, 5.74) is 7.13. The number of amidine groups is 1. The van der Waals surface area contributed by atoms with Crippen molar-refractivity contribution in [1.29, 1.82) is 5.41 Å². The Morgan fingerprint density at radius 1 is 1.13 bits per heavy atom. The van der Waals surface area contributed by atoms with Gasteiger partial charge < -0.3 is 34.9 Å². The van der Waals surface area contributed by atoms with Gasteiger partial charge in [-0.05, 0) is 68.4 Å². The second kappa shape index (κ2) is 13.6. The molecule has 0 radical (unpaired) electrons. The first-order valence-corrected chi connectivity index (χ1v) is 14.5. The average molecular weight is 616 g/mol. The van der Waals surface area contributed by atoms with Gasteiger partial charge in [0, 0.05) is 25.6 Å². The van der Waals surface area contributed by atoms with E-state index in [4.69, 9.17) is 30.1 Å². The van der Waals surface area contributed by atoms with Crippen molar-refractivity contribution in [3.8, 4) is 28.7 Å². The van der Waals surface area contributed by atoms with Gasteiger partial charge in [-0.25, -0.2) is 4.79 Å². The van der Waals surface area contributed by atoms with Crippen molar-refractivity contribution in [1.82, 2.24) is 19.7 Å². The molecule has 13 nitrogen and oxygen atoms in total. The molecular weight excluding hydrogens is 578 g/mol. The van der Waals surface area contributed by atoms with Crippen molar-refractivity contribution < 1.29 is 23.7 Å². The highest BCUT2D eigenvalue weighted by Gasteiger charge is 2.26. The number of likely N-dealkylation sites (tertiary alicyclic amines) is 1. The fourth-order valence-corrected chi connectivity index (χ4v) is 5.19. The maximum absolute atomic E-state index is 13.3. The van der Waals surface area contributed by atoms with E-state index >= 15 is 0 Å². The van der Waals surface area contributed by atoms with E-state index in [1.165, 1.54) is 24.8 Å². The molecule has 0 spiro atoms. The van der Waals surface area contributed by atoms with Crippen molar-refractivity contribution in [2.24, 2.45) is 5.73 Å². The van der Waals surface area contributed by atoms with Crippen LogP contribution in [0.1, 0.15) is 43.3 Å². The number of aromatic nitrogens is 3. The number of para-hydroxylation sites is 2. The number of anilines is 1. The smallest absolute Gasteiger partial charge is 0.348 e. The third-order valence-electron chi connectivity index (χ3n) is 7.31. The molecule has 2 heterocycles. The molecule has 2 unspecified atom stereocenters. The molecule has 0 saturated carbocycles. The van der Waals surface area contributed by atoms with Crippen LogP contribution in [0.5, 0.6) is 23.0 Å². The van der Waals surface area contributed by atoms with Crippen LogP contribution in [0.2, 0.25) is 0 Å². The Morgan fingerprint density at radius 3 is 2.62 bits per heavy atom. The number of likely N-dealkylation sites (N-methyl/N-ethyl adjacent to an activating group) is 1. The van der Waals surface area contributed by atoms with Gasteiger partial charge in [-0.2, -0.15) is 4.68 Å². The minimum Gasteiger partial charge on any atom is -0.494 e. The van der Waals surface area contributed by atoms with E-state index in [-0.39, 0.29) is 23.5 Å². The summed E-state index contributed by atoms with van der Waals surface area (Å²) in [4.78, 5) is 30.4. The molecule has 13 heteroatoms. The van der Waals surface area contributed by atoms with E-state index in [0.29, 0.717) is 46.4 Å². The fourth-order valence-electron chi connectivity index (χ4n) is 5.19. The molecular formula is C32H37N7O6. The predicted molar refractivity (Wildman–Crippen MR) is 169 cm³/mol. The summed E-state index contributed by atoms with van der Waals surface area (Å²) in [7, 11) is 3.58. The number of hydrogen-bond acceptors (Lipinski definition) is 10. The lowest BCUT2D eigenvalue weighted by molar-refractivity contribution is -0.131. The SMILES string of the molecule is CCOc1cc(C(Nc2ccc(C(=N)N)cc2OC(C)=O)c2nn(-c3ccccc3OC)c(=O)[nH]2)ccc1OC1CCN(C)C1. The molecule has 2 atom stereocenters. The van der Waals surface area contributed by atoms with Gasteiger partial charge in [-0.15, -0.1) is 5.10 Å². The lowest BCUT2D eigenvalue weighted by Crippen LogP contribution is -2.22. The number of benzene rings is 3. The molecule has 1 aliphatic rings. The lowest BCUT2D eigenvalue weighted by Gasteiger charge is -2.22. The summed E-state index contributed by atoms with van der Waals surface area (Å²) in [5, 5.41) is 15.9. The second-order valence-electron chi connectivity index (χ2n) is 10.6. The predicted octanol–water partition coefficient (Wildman–Crippen LogP) is 3.46. The maximum Gasteiger partial charge on any atom is 0.348 e. The zero-order chi connectivity index (χ0) is 32.1. The number of hydrogen-bond donors (Lipinski definition) is 4. The molecule has 236 valence electrons. The minimum absolute atomic E-state index is 0.0352. The number of H-pyrrole nitrogens is 1. The molecule has 0 amide bonds. The van der Waals surface area contributed by atoms with Crippen LogP contribution in [0.15, 0.2) is 65.5 Å². The van der Waals surface area contributed by atoms with Crippen molar-refractivity contribution in [3.05, 3.63) is 88.1 Å². The number of aromatic amines is 1. The van der Waals surface area contributed by atoms with Gasteiger partial charge in [-0.1, -0.05) is 18.2 Å². The number of rotatable bonds is 12. The number of esters is 1. The van der Waals surface area contributed by atoms with Crippen molar-refractivity contribution >= 4 is 17.5 Å². The van der Waals surface area contributed by atoms with E-state index in [9.17, 15) is 9.59 Å². The van der Waals surface area contributed by atoms with Gasteiger partial charge in [0.2, 0.25) is 0 Å². The molecule has 0 bridgehead atoms. The Kier molecular flexibility index (Phi) is 9.38. The Morgan fingerprint density at radius 2 is 1.93 bits per heavy atom. The highest BCUT2D eigenvalue weighted by atomic mass is 16.5. The Bertz CT molecular complexity index is 1750. The van der Waals surface area contributed by atoms with Gasteiger partial charge in [0.1, 0.15) is 29.4 Å². The van der Waals surface area contributed by atoms with Crippen molar-refractivity contribution in [2.45, 2.75) is 32.4 Å². The Hall–Kier alpha value is -5.30. The quantitative estimate of drug-likeness (QED) is 0.0801. The molecule has 5 rings (SSSR count). The van der Waals surface area contributed by atoms with Crippen LogP contribution >= 0.6 is 0 Å². The summed E-state index contributed by atoms with van der Waals surface area (Å²) in [6.07, 6.45) is 0.943. The van der Waals surface area contributed by atoms with Crippen LogP contribution in [0.25, 0.3) is 5.69 Å². The number of nitrogens with two attached hydrogens (primary N) is 1. The molecule has 1 saturated heterocycles. The number of carbonyl (C=O) groups excluding carboxylic acids is 1. The fraction of sp³-hybridized carbons (Fsp3) is 0.312. The molecule has 1 aromatic heterocycles. The van der Waals surface area contributed by atoms with Crippen LogP contribution in [0.4, 0.5) is 5.69 Å². The second-order valence-corrected chi connectivity index (χ2v) is 10.6. The third-order valence-corrected chi connectivity index (χ3v) is 7.31. The number of ether oxygens (including phenoxy) is 4. The van der Waals surface area contributed by atoms with E-state index in [1.54, 1.807) is 36.4 Å². The minimum atomic E-state index is -0.767.